The maximum Gasteiger partial charge on any atom is 0.158 e. The van der Waals surface area contributed by atoms with Crippen LogP contribution >= 0.6 is 22.6 Å². The van der Waals surface area contributed by atoms with E-state index in [2.05, 4.69) is 4.98 Å². The van der Waals surface area contributed by atoms with E-state index in [0.717, 1.165) is 3.57 Å². The van der Waals surface area contributed by atoms with Crippen molar-refractivity contribution in [2.24, 2.45) is 0 Å². The Hall–Kier alpha value is -1.14. The number of pyridine rings is 1. The van der Waals surface area contributed by atoms with Crippen molar-refractivity contribution in [2.45, 2.75) is 0 Å². The van der Waals surface area contributed by atoms with Gasteiger partial charge in [0, 0.05) is 9.77 Å². The van der Waals surface area contributed by atoms with Gasteiger partial charge in [-0.2, -0.15) is 10.5 Å². The number of rotatable bonds is 0. The van der Waals surface area contributed by atoms with Crippen LogP contribution in [0.5, 0.6) is 0 Å². The molecule has 0 fully saturated rings. The lowest BCUT2D eigenvalue weighted by Crippen LogP contribution is -1.88. The molecule has 4 heteroatoms. The summed E-state index contributed by atoms with van der Waals surface area (Å²) in [7, 11) is 0. The Morgan fingerprint density at radius 3 is 2.64 bits per heavy atom. The van der Waals surface area contributed by atoms with Crippen molar-refractivity contribution in [3.05, 3.63) is 27.1 Å². The van der Waals surface area contributed by atoms with E-state index in [9.17, 15) is 0 Å². The second-order valence-corrected chi connectivity index (χ2v) is 3.02. The fourth-order valence-electron chi connectivity index (χ4n) is 0.614. The van der Waals surface area contributed by atoms with Crippen LogP contribution in [0.4, 0.5) is 0 Å². The van der Waals surface area contributed by atoms with Gasteiger partial charge in [-0.05, 0) is 28.7 Å². The molecule has 0 radical (unpaired) electrons. The fraction of sp³-hybridized carbons (Fsp3) is 0. The van der Waals surface area contributed by atoms with E-state index in [1.807, 2.05) is 34.7 Å². The highest BCUT2D eigenvalue weighted by Crippen LogP contribution is 2.08. The number of nitrogens with zero attached hydrogens (tertiary/aromatic N) is 3. The van der Waals surface area contributed by atoms with Crippen LogP contribution < -0.4 is 0 Å². The first-order chi connectivity index (χ1) is 5.27. The Balaban J connectivity index is 3.34. The summed E-state index contributed by atoms with van der Waals surface area (Å²) in [6, 6.07) is 5.37. The number of aromatic nitrogens is 1. The molecule has 1 heterocycles. The Kier molecular flexibility index (Phi) is 2.40. The Bertz CT molecular complexity index is 359. The lowest BCUT2D eigenvalue weighted by atomic mass is 10.2. The van der Waals surface area contributed by atoms with Crippen LogP contribution in [0.15, 0.2) is 12.3 Å². The first kappa shape index (κ1) is 7.96. The van der Waals surface area contributed by atoms with Crippen LogP contribution in [0.3, 0.4) is 0 Å². The quantitative estimate of drug-likeness (QED) is 0.659. The van der Waals surface area contributed by atoms with Gasteiger partial charge in [-0.3, -0.25) is 0 Å². The molecule has 0 bridgehead atoms. The van der Waals surface area contributed by atoms with E-state index in [4.69, 9.17) is 10.5 Å². The van der Waals surface area contributed by atoms with Crippen molar-refractivity contribution in [2.75, 3.05) is 0 Å². The molecule has 3 nitrogen and oxygen atoms in total. The van der Waals surface area contributed by atoms with E-state index in [0.29, 0.717) is 5.56 Å². The highest BCUT2D eigenvalue weighted by molar-refractivity contribution is 14.1. The highest BCUT2D eigenvalue weighted by atomic mass is 127. The van der Waals surface area contributed by atoms with Crippen molar-refractivity contribution >= 4 is 22.6 Å². The topological polar surface area (TPSA) is 60.5 Å². The summed E-state index contributed by atoms with van der Waals surface area (Å²) in [5.74, 6) is 0. The molecule has 0 N–H and O–H groups in total. The van der Waals surface area contributed by atoms with Crippen molar-refractivity contribution in [3.63, 3.8) is 0 Å². The minimum absolute atomic E-state index is 0.188. The van der Waals surface area contributed by atoms with Crippen LogP contribution in [0, 0.1) is 26.2 Å². The predicted octanol–water partition coefficient (Wildman–Crippen LogP) is 1.43. The molecule has 0 aliphatic heterocycles. The smallest absolute Gasteiger partial charge is 0.158 e. The van der Waals surface area contributed by atoms with E-state index in [1.165, 1.54) is 0 Å². The summed E-state index contributed by atoms with van der Waals surface area (Å²) in [4.78, 5) is 3.78. The molecule has 1 rings (SSSR count). The molecule has 0 spiro atoms. The SMILES string of the molecule is N#Cc1cc(I)cnc1C#N. The molecule has 0 amide bonds. The number of nitriles is 2. The summed E-state index contributed by atoms with van der Waals surface area (Å²) in [5, 5.41) is 17.0. The maximum atomic E-state index is 8.53. The van der Waals surface area contributed by atoms with E-state index >= 15 is 0 Å². The van der Waals surface area contributed by atoms with Gasteiger partial charge in [0.05, 0.1) is 5.56 Å². The largest absolute Gasteiger partial charge is 0.243 e. The Labute approximate surface area is 77.4 Å². The molecular weight excluding hydrogens is 253 g/mol. The van der Waals surface area contributed by atoms with E-state index in [-0.39, 0.29) is 5.69 Å². The summed E-state index contributed by atoms with van der Waals surface area (Å²) >= 11 is 2.04. The molecule has 0 atom stereocenters. The van der Waals surface area contributed by atoms with Crippen LogP contribution in [-0.4, -0.2) is 4.98 Å². The Morgan fingerprint density at radius 1 is 1.36 bits per heavy atom. The molecule has 1 aromatic rings. The molecule has 0 aliphatic rings. The van der Waals surface area contributed by atoms with Crippen molar-refractivity contribution < 1.29 is 0 Å². The van der Waals surface area contributed by atoms with Crippen molar-refractivity contribution in [1.29, 1.82) is 10.5 Å². The van der Waals surface area contributed by atoms with Crippen LogP contribution in [0.2, 0.25) is 0 Å². The average Bonchev–Trinajstić information content (AvgIpc) is 2.04. The fourth-order valence-corrected chi connectivity index (χ4v) is 1.06. The van der Waals surface area contributed by atoms with Gasteiger partial charge in [-0.1, -0.05) is 0 Å². The van der Waals surface area contributed by atoms with E-state index in [1.54, 1.807) is 12.3 Å². The third-order valence-corrected chi connectivity index (χ3v) is 1.67. The maximum absolute atomic E-state index is 8.53. The minimum Gasteiger partial charge on any atom is -0.243 e. The molecule has 52 valence electrons. The van der Waals surface area contributed by atoms with Gasteiger partial charge in [-0.15, -0.1) is 0 Å². The van der Waals surface area contributed by atoms with Crippen LogP contribution in [-0.2, 0) is 0 Å². The molecule has 11 heavy (non-hydrogen) atoms. The third kappa shape index (κ3) is 1.66. The first-order valence-corrected chi connectivity index (χ1v) is 3.81. The second kappa shape index (κ2) is 3.31. The van der Waals surface area contributed by atoms with Crippen LogP contribution in [0.1, 0.15) is 11.3 Å². The zero-order chi connectivity index (χ0) is 8.27. The molecular formula is C7H2IN3. The first-order valence-electron chi connectivity index (χ1n) is 2.73. The van der Waals surface area contributed by atoms with E-state index < -0.39 is 0 Å². The lowest BCUT2D eigenvalue weighted by Gasteiger charge is -1.91. The van der Waals surface area contributed by atoms with Gasteiger partial charge in [-0.25, -0.2) is 4.98 Å². The zero-order valence-electron chi connectivity index (χ0n) is 5.37. The van der Waals surface area contributed by atoms with Gasteiger partial charge in [0.2, 0.25) is 0 Å². The summed E-state index contributed by atoms with van der Waals surface area (Å²) in [5.41, 5.74) is 0.521. The number of hydrogen-bond donors (Lipinski definition) is 0. The van der Waals surface area contributed by atoms with Crippen molar-refractivity contribution in [3.8, 4) is 12.1 Å². The molecule has 0 saturated carbocycles. The molecule has 1 aromatic heterocycles. The van der Waals surface area contributed by atoms with Gasteiger partial charge in [0.1, 0.15) is 12.1 Å². The minimum atomic E-state index is 0.188. The van der Waals surface area contributed by atoms with Gasteiger partial charge in [0.25, 0.3) is 0 Å². The monoisotopic (exact) mass is 255 g/mol. The van der Waals surface area contributed by atoms with Gasteiger partial charge < -0.3 is 0 Å². The standard InChI is InChI=1S/C7H2IN3/c8-6-1-5(2-9)7(3-10)11-4-6/h1,4H. The highest BCUT2D eigenvalue weighted by Gasteiger charge is 2.01. The predicted molar refractivity (Wildman–Crippen MR) is 46.4 cm³/mol. The van der Waals surface area contributed by atoms with Gasteiger partial charge in [0.15, 0.2) is 5.69 Å². The average molecular weight is 255 g/mol. The number of halogens is 1. The zero-order valence-corrected chi connectivity index (χ0v) is 7.53. The normalized spacial score (nSPS) is 8.27. The summed E-state index contributed by atoms with van der Waals surface area (Å²) in [6.07, 6.45) is 1.56. The molecule has 0 aliphatic carbocycles. The lowest BCUT2D eigenvalue weighted by molar-refractivity contribution is 1.23. The van der Waals surface area contributed by atoms with Crippen LogP contribution in [0.25, 0.3) is 0 Å². The molecule has 0 aromatic carbocycles. The van der Waals surface area contributed by atoms with Gasteiger partial charge >= 0.3 is 0 Å². The second-order valence-electron chi connectivity index (χ2n) is 1.77. The molecule has 0 unspecified atom stereocenters. The molecule has 0 saturated heterocycles. The Morgan fingerprint density at radius 2 is 2.09 bits per heavy atom. The number of hydrogen-bond acceptors (Lipinski definition) is 3. The summed E-state index contributed by atoms with van der Waals surface area (Å²) in [6.45, 7) is 0. The van der Waals surface area contributed by atoms with Crippen molar-refractivity contribution in [1.82, 2.24) is 4.98 Å². The summed E-state index contributed by atoms with van der Waals surface area (Å²) < 4.78 is 0.859. The third-order valence-electron chi connectivity index (χ3n) is 1.08.